The number of methoxy groups -OCH3 is 1. The highest BCUT2D eigenvalue weighted by Crippen LogP contribution is 2.25. The van der Waals surface area contributed by atoms with Crippen LogP contribution in [0.3, 0.4) is 0 Å². The Morgan fingerprint density at radius 1 is 1.22 bits per heavy atom. The van der Waals surface area contributed by atoms with Crippen LogP contribution < -0.4 is 10.5 Å². The van der Waals surface area contributed by atoms with E-state index < -0.39 is 31.5 Å². The third kappa shape index (κ3) is 3.86. The van der Waals surface area contributed by atoms with Gasteiger partial charge in [-0.2, -0.15) is 8.42 Å². The van der Waals surface area contributed by atoms with E-state index in [1.54, 1.807) is 0 Å². The van der Waals surface area contributed by atoms with E-state index in [2.05, 4.69) is 0 Å². The highest BCUT2D eigenvalue weighted by Gasteiger charge is 2.19. The summed E-state index contributed by atoms with van der Waals surface area (Å²) in [6.07, 6.45) is 0. The molecule has 0 saturated carbocycles. The molecule has 0 fully saturated rings. The Morgan fingerprint density at radius 3 is 2.33 bits per heavy atom. The summed E-state index contributed by atoms with van der Waals surface area (Å²) in [5.41, 5.74) is 5.80. The Hall–Kier alpha value is -1.32. The van der Waals surface area contributed by atoms with Gasteiger partial charge in [-0.15, -0.1) is 0 Å². The molecule has 7 nitrogen and oxygen atoms in total. The number of anilines is 1. The van der Waals surface area contributed by atoms with Crippen molar-refractivity contribution in [1.82, 2.24) is 0 Å². The SMILES string of the molecule is COc1cc(S(=O)(=O)CCS(=O)(=O)O)ccc1N. The second kappa shape index (κ2) is 5.12. The summed E-state index contributed by atoms with van der Waals surface area (Å²) in [7, 11) is -6.81. The van der Waals surface area contributed by atoms with E-state index >= 15 is 0 Å². The van der Waals surface area contributed by atoms with Gasteiger partial charge in [0, 0.05) is 6.07 Å². The molecular formula is C9H13NO6S2. The first-order valence-corrected chi connectivity index (χ1v) is 8.03. The van der Waals surface area contributed by atoms with Gasteiger partial charge in [0.2, 0.25) is 0 Å². The minimum Gasteiger partial charge on any atom is -0.495 e. The molecule has 18 heavy (non-hydrogen) atoms. The van der Waals surface area contributed by atoms with Crippen LogP contribution in [0.15, 0.2) is 23.1 Å². The van der Waals surface area contributed by atoms with Gasteiger partial charge in [-0.25, -0.2) is 8.42 Å². The summed E-state index contributed by atoms with van der Waals surface area (Å²) in [6, 6.07) is 3.80. The van der Waals surface area contributed by atoms with Gasteiger partial charge in [-0.3, -0.25) is 4.55 Å². The summed E-state index contributed by atoms with van der Waals surface area (Å²) in [5.74, 6) is -1.39. The fourth-order valence-electron chi connectivity index (χ4n) is 1.22. The molecule has 3 N–H and O–H groups in total. The van der Waals surface area contributed by atoms with Gasteiger partial charge in [-0.1, -0.05) is 0 Å². The smallest absolute Gasteiger partial charge is 0.265 e. The number of nitrogens with two attached hydrogens (primary N) is 1. The molecule has 1 aromatic carbocycles. The molecule has 0 spiro atoms. The zero-order valence-electron chi connectivity index (χ0n) is 9.53. The molecule has 0 bridgehead atoms. The minimum absolute atomic E-state index is 0.114. The lowest BCUT2D eigenvalue weighted by molar-refractivity contribution is 0.415. The van der Waals surface area contributed by atoms with E-state index in [-0.39, 0.29) is 16.3 Å². The van der Waals surface area contributed by atoms with Gasteiger partial charge in [0.15, 0.2) is 9.84 Å². The van der Waals surface area contributed by atoms with Crippen molar-refractivity contribution in [3.8, 4) is 5.75 Å². The van der Waals surface area contributed by atoms with Gasteiger partial charge in [-0.05, 0) is 12.1 Å². The summed E-state index contributed by atoms with van der Waals surface area (Å²) >= 11 is 0. The molecule has 0 heterocycles. The number of hydrogen-bond acceptors (Lipinski definition) is 6. The molecule has 9 heteroatoms. The summed E-state index contributed by atoms with van der Waals surface area (Å²) in [6.45, 7) is 0. The molecule has 0 unspecified atom stereocenters. The van der Waals surface area contributed by atoms with Crippen LogP contribution in [0.5, 0.6) is 5.75 Å². The molecule has 0 saturated heterocycles. The van der Waals surface area contributed by atoms with E-state index in [1.165, 1.54) is 25.3 Å². The zero-order chi connectivity index (χ0) is 14.0. The number of ether oxygens (including phenoxy) is 1. The predicted octanol–water partition coefficient (Wildman–Crippen LogP) is -0.0611. The molecule has 1 rings (SSSR count). The van der Waals surface area contributed by atoms with Gasteiger partial charge in [0.25, 0.3) is 10.1 Å². The first-order chi connectivity index (χ1) is 8.15. The van der Waals surface area contributed by atoms with Crippen molar-refractivity contribution < 1.29 is 26.1 Å². The normalized spacial score (nSPS) is 12.3. The fraction of sp³-hybridized carbons (Fsp3) is 0.333. The number of rotatable bonds is 5. The van der Waals surface area contributed by atoms with E-state index in [9.17, 15) is 16.8 Å². The van der Waals surface area contributed by atoms with Crippen molar-refractivity contribution in [2.75, 3.05) is 24.3 Å². The molecule has 0 atom stereocenters. The Morgan fingerprint density at radius 2 is 1.83 bits per heavy atom. The van der Waals surface area contributed by atoms with Gasteiger partial charge < -0.3 is 10.5 Å². The Kier molecular flexibility index (Phi) is 4.20. The lowest BCUT2D eigenvalue weighted by Gasteiger charge is -2.08. The number of hydrogen-bond donors (Lipinski definition) is 2. The first kappa shape index (κ1) is 14.7. The Bertz CT molecular complexity index is 635. The van der Waals surface area contributed by atoms with Crippen LogP contribution in [0.2, 0.25) is 0 Å². The highest BCUT2D eigenvalue weighted by atomic mass is 32.2. The number of nitrogen functional groups attached to an aromatic ring is 1. The van der Waals surface area contributed by atoms with Gasteiger partial charge >= 0.3 is 0 Å². The van der Waals surface area contributed by atoms with E-state index in [1.807, 2.05) is 0 Å². The van der Waals surface area contributed by atoms with Crippen molar-refractivity contribution in [2.24, 2.45) is 0 Å². The number of sulfone groups is 1. The van der Waals surface area contributed by atoms with Crippen LogP contribution in [0.25, 0.3) is 0 Å². The van der Waals surface area contributed by atoms with Crippen molar-refractivity contribution in [2.45, 2.75) is 4.90 Å². The maximum absolute atomic E-state index is 11.8. The van der Waals surface area contributed by atoms with E-state index in [4.69, 9.17) is 15.0 Å². The molecule has 0 aromatic heterocycles. The molecule has 0 aliphatic carbocycles. The topological polar surface area (TPSA) is 124 Å². The van der Waals surface area contributed by atoms with Crippen molar-refractivity contribution in [1.29, 1.82) is 0 Å². The van der Waals surface area contributed by atoms with Crippen LogP contribution in [0.1, 0.15) is 0 Å². The molecule has 0 radical (unpaired) electrons. The minimum atomic E-state index is -4.32. The maximum Gasteiger partial charge on any atom is 0.265 e. The molecule has 102 valence electrons. The zero-order valence-corrected chi connectivity index (χ0v) is 11.2. The Balaban J connectivity index is 3.06. The van der Waals surface area contributed by atoms with Gasteiger partial charge in [0.1, 0.15) is 5.75 Å². The average molecular weight is 295 g/mol. The fourth-order valence-corrected chi connectivity index (χ4v) is 3.74. The monoisotopic (exact) mass is 295 g/mol. The first-order valence-electron chi connectivity index (χ1n) is 4.77. The lowest BCUT2D eigenvalue weighted by atomic mass is 10.3. The van der Waals surface area contributed by atoms with Crippen molar-refractivity contribution in [3.05, 3.63) is 18.2 Å². The standard InChI is InChI=1S/C9H13NO6S2/c1-16-9-6-7(2-3-8(9)10)17(11,12)4-5-18(13,14)15/h2-3,6H,4-5,10H2,1H3,(H,13,14,15). The van der Waals surface area contributed by atoms with Crippen LogP contribution in [-0.4, -0.2) is 40.0 Å². The van der Waals surface area contributed by atoms with Crippen molar-refractivity contribution in [3.63, 3.8) is 0 Å². The Labute approximate surface area is 105 Å². The lowest BCUT2D eigenvalue weighted by Crippen LogP contribution is -2.16. The third-order valence-electron chi connectivity index (χ3n) is 2.17. The van der Waals surface area contributed by atoms with Crippen LogP contribution in [0.4, 0.5) is 5.69 Å². The second-order valence-corrected chi connectivity index (χ2v) is 7.19. The summed E-state index contributed by atoms with van der Waals surface area (Å²) < 4.78 is 58.0. The number of benzene rings is 1. The average Bonchev–Trinajstić information content (AvgIpc) is 2.26. The molecule has 0 aliphatic heterocycles. The van der Waals surface area contributed by atoms with Gasteiger partial charge in [0.05, 0.1) is 29.2 Å². The molecule has 0 amide bonds. The molecule has 1 aromatic rings. The van der Waals surface area contributed by atoms with Crippen molar-refractivity contribution >= 4 is 25.6 Å². The van der Waals surface area contributed by atoms with Crippen LogP contribution in [0, 0.1) is 0 Å². The second-order valence-electron chi connectivity index (χ2n) is 3.51. The third-order valence-corrected chi connectivity index (χ3v) is 4.87. The van der Waals surface area contributed by atoms with Crippen LogP contribution in [-0.2, 0) is 20.0 Å². The van der Waals surface area contributed by atoms with E-state index in [0.717, 1.165) is 0 Å². The summed E-state index contributed by atoms with van der Waals surface area (Å²) in [5, 5.41) is 0. The van der Waals surface area contributed by atoms with Crippen LogP contribution >= 0.6 is 0 Å². The predicted molar refractivity (Wildman–Crippen MR) is 65.9 cm³/mol. The highest BCUT2D eigenvalue weighted by molar-refractivity contribution is 7.93. The maximum atomic E-state index is 11.8. The van der Waals surface area contributed by atoms with E-state index in [0.29, 0.717) is 0 Å². The largest absolute Gasteiger partial charge is 0.495 e. The molecular weight excluding hydrogens is 282 g/mol. The summed E-state index contributed by atoms with van der Waals surface area (Å²) in [4.78, 5) is -0.114. The quantitative estimate of drug-likeness (QED) is 0.576. The molecule has 0 aliphatic rings.